The van der Waals surface area contributed by atoms with Gasteiger partial charge in [0, 0.05) is 11.9 Å². The van der Waals surface area contributed by atoms with E-state index in [0.717, 1.165) is 11.9 Å². The SMILES string of the molecule is CCC(C)OC(=O)C(=CNc1ccc(C)nc1C)C(=O)O. The van der Waals surface area contributed by atoms with Gasteiger partial charge < -0.3 is 15.2 Å². The zero-order valence-electron chi connectivity index (χ0n) is 12.6. The smallest absolute Gasteiger partial charge is 0.347 e. The zero-order valence-corrected chi connectivity index (χ0v) is 12.6. The summed E-state index contributed by atoms with van der Waals surface area (Å²) in [4.78, 5) is 27.2. The van der Waals surface area contributed by atoms with Crippen molar-refractivity contribution in [1.82, 2.24) is 4.98 Å². The van der Waals surface area contributed by atoms with E-state index in [4.69, 9.17) is 9.84 Å². The molecule has 0 aliphatic heterocycles. The lowest BCUT2D eigenvalue weighted by Crippen LogP contribution is -2.21. The summed E-state index contributed by atoms with van der Waals surface area (Å²) in [5.41, 5.74) is 1.76. The fraction of sp³-hybridized carbons (Fsp3) is 0.400. The number of carboxylic acid groups (broad SMARTS) is 1. The molecular weight excluding hydrogens is 272 g/mol. The maximum atomic E-state index is 11.8. The van der Waals surface area contributed by atoms with Crippen LogP contribution in [0.25, 0.3) is 0 Å². The van der Waals surface area contributed by atoms with Crippen LogP contribution in [-0.4, -0.2) is 28.1 Å². The Morgan fingerprint density at radius 1 is 1.43 bits per heavy atom. The minimum absolute atomic E-state index is 0.331. The molecule has 1 rings (SSSR count). The van der Waals surface area contributed by atoms with Crippen LogP contribution < -0.4 is 5.32 Å². The lowest BCUT2D eigenvalue weighted by Gasteiger charge is -2.11. The van der Waals surface area contributed by atoms with E-state index in [-0.39, 0.29) is 6.10 Å². The summed E-state index contributed by atoms with van der Waals surface area (Å²) in [5, 5.41) is 11.9. The number of nitrogens with zero attached hydrogens (tertiary/aromatic N) is 1. The van der Waals surface area contributed by atoms with E-state index in [2.05, 4.69) is 10.3 Å². The summed E-state index contributed by atoms with van der Waals surface area (Å²) in [5.74, 6) is -2.20. The van der Waals surface area contributed by atoms with E-state index in [1.54, 1.807) is 26.0 Å². The first-order valence-electron chi connectivity index (χ1n) is 6.70. The maximum absolute atomic E-state index is 11.8. The highest BCUT2D eigenvalue weighted by Gasteiger charge is 2.20. The molecule has 1 unspecified atom stereocenters. The Bertz CT molecular complexity index is 567. The number of aliphatic carboxylic acids is 1. The summed E-state index contributed by atoms with van der Waals surface area (Å²) in [6.07, 6.45) is 1.42. The van der Waals surface area contributed by atoms with Crippen LogP contribution in [0, 0.1) is 13.8 Å². The third kappa shape index (κ3) is 4.91. The topological polar surface area (TPSA) is 88.5 Å². The predicted molar refractivity (Wildman–Crippen MR) is 78.9 cm³/mol. The first-order valence-corrected chi connectivity index (χ1v) is 6.70. The molecular formula is C15H20N2O4. The van der Waals surface area contributed by atoms with Crippen LogP contribution in [-0.2, 0) is 14.3 Å². The number of hydrogen-bond acceptors (Lipinski definition) is 5. The summed E-state index contributed by atoms with van der Waals surface area (Å²) < 4.78 is 5.02. The van der Waals surface area contributed by atoms with Crippen LogP contribution in [0.15, 0.2) is 23.9 Å². The molecule has 0 fully saturated rings. The summed E-state index contributed by atoms with van der Waals surface area (Å²) in [7, 11) is 0. The molecule has 0 aromatic carbocycles. The quantitative estimate of drug-likeness (QED) is 0.362. The minimum Gasteiger partial charge on any atom is -0.477 e. The fourth-order valence-corrected chi connectivity index (χ4v) is 1.53. The zero-order chi connectivity index (χ0) is 16.0. The number of aryl methyl sites for hydroxylation is 2. The van der Waals surface area contributed by atoms with Crippen molar-refractivity contribution in [3.8, 4) is 0 Å². The van der Waals surface area contributed by atoms with Gasteiger partial charge in [-0.1, -0.05) is 6.92 Å². The van der Waals surface area contributed by atoms with Gasteiger partial charge in [0.1, 0.15) is 0 Å². The van der Waals surface area contributed by atoms with Crippen molar-refractivity contribution in [3.63, 3.8) is 0 Å². The van der Waals surface area contributed by atoms with Crippen LogP contribution in [0.3, 0.4) is 0 Å². The number of ether oxygens (including phenoxy) is 1. The number of carbonyl (C=O) groups excluding carboxylic acids is 1. The van der Waals surface area contributed by atoms with Crippen LogP contribution in [0.1, 0.15) is 31.7 Å². The van der Waals surface area contributed by atoms with Crippen molar-refractivity contribution >= 4 is 17.6 Å². The summed E-state index contributed by atoms with van der Waals surface area (Å²) in [6.45, 7) is 7.21. The van der Waals surface area contributed by atoms with Crippen molar-refractivity contribution in [3.05, 3.63) is 35.3 Å². The van der Waals surface area contributed by atoms with Crippen LogP contribution >= 0.6 is 0 Å². The maximum Gasteiger partial charge on any atom is 0.347 e. The molecule has 0 amide bonds. The molecule has 1 heterocycles. The van der Waals surface area contributed by atoms with Gasteiger partial charge in [-0.15, -0.1) is 0 Å². The van der Waals surface area contributed by atoms with Gasteiger partial charge in [0.15, 0.2) is 5.57 Å². The fourth-order valence-electron chi connectivity index (χ4n) is 1.53. The second-order valence-electron chi connectivity index (χ2n) is 4.72. The molecule has 1 aromatic heterocycles. The van der Waals surface area contributed by atoms with Gasteiger partial charge in [0.05, 0.1) is 17.5 Å². The Morgan fingerprint density at radius 2 is 2.10 bits per heavy atom. The molecule has 0 aliphatic rings. The van der Waals surface area contributed by atoms with Crippen molar-refractivity contribution < 1.29 is 19.4 Å². The standard InChI is InChI=1S/C15H20N2O4/c1-5-10(3)21-15(20)12(14(18)19)8-16-13-7-6-9(2)17-11(13)4/h6-8,10,16H,5H2,1-4H3,(H,18,19). The molecule has 114 valence electrons. The number of hydrogen-bond donors (Lipinski definition) is 2. The number of aromatic nitrogens is 1. The highest BCUT2D eigenvalue weighted by molar-refractivity contribution is 6.13. The molecule has 6 heteroatoms. The van der Waals surface area contributed by atoms with E-state index < -0.39 is 17.5 Å². The second-order valence-corrected chi connectivity index (χ2v) is 4.72. The Kier molecular flexibility index (Phi) is 5.90. The van der Waals surface area contributed by atoms with E-state index in [1.165, 1.54) is 0 Å². The van der Waals surface area contributed by atoms with Crippen molar-refractivity contribution in [2.45, 2.75) is 40.2 Å². The van der Waals surface area contributed by atoms with Crippen molar-refractivity contribution in [2.24, 2.45) is 0 Å². The van der Waals surface area contributed by atoms with Gasteiger partial charge in [-0.3, -0.25) is 4.98 Å². The highest BCUT2D eigenvalue weighted by Crippen LogP contribution is 2.13. The molecule has 1 atom stereocenters. The molecule has 0 bridgehead atoms. The van der Waals surface area contributed by atoms with E-state index in [9.17, 15) is 9.59 Å². The van der Waals surface area contributed by atoms with Gasteiger partial charge in [-0.05, 0) is 39.3 Å². The molecule has 0 radical (unpaired) electrons. The average molecular weight is 292 g/mol. The molecule has 0 spiro atoms. The normalized spacial score (nSPS) is 12.7. The van der Waals surface area contributed by atoms with E-state index in [0.29, 0.717) is 17.8 Å². The predicted octanol–water partition coefficient (Wildman–Crippen LogP) is 2.42. The Balaban J connectivity index is 2.90. The van der Waals surface area contributed by atoms with E-state index in [1.807, 2.05) is 13.8 Å². The molecule has 21 heavy (non-hydrogen) atoms. The summed E-state index contributed by atoms with van der Waals surface area (Å²) >= 11 is 0. The lowest BCUT2D eigenvalue weighted by molar-refractivity contribution is -0.147. The van der Waals surface area contributed by atoms with Gasteiger partial charge in [-0.25, -0.2) is 9.59 Å². The molecule has 1 aromatic rings. The summed E-state index contributed by atoms with van der Waals surface area (Å²) in [6, 6.07) is 3.56. The average Bonchev–Trinajstić information content (AvgIpc) is 2.40. The van der Waals surface area contributed by atoms with Crippen molar-refractivity contribution in [1.29, 1.82) is 0 Å². The molecule has 6 nitrogen and oxygen atoms in total. The number of rotatable bonds is 6. The van der Waals surface area contributed by atoms with Crippen LogP contribution in [0.4, 0.5) is 5.69 Å². The third-order valence-corrected chi connectivity index (χ3v) is 2.93. The molecule has 0 aliphatic carbocycles. The van der Waals surface area contributed by atoms with Crippen molar-refractivity contribution in [2.75, 3.05) is 5.32 Å². The molecule has 0 saturated carbocycles. The third-order valence-electron chi connectivity index (χ3n) is 2.93. The minimum atomic E-state index is -1.34. The number of carbonyl (C=O) groups is 2. The number of esters is 1. The second kappa shape index (κ2) is 7.42. The van der Waals surface area contributed by atoms with Gasteiger partial charge in [0.2, 0.25) is 0 Å². The molecule has 2 N–H and O–H groups in total. The number of anilines is 1. The first kappa shape index (κ1) is 16.7. The number of pyridine rings is 1. The molecule has 0 saturated heterocycles. The lowest BCUT2D eigenvalue weighted by atomic mass is 10.2. The highest BCUT2D eigenvalue weighted by atomic mass is 16.5. The Morgan fingerprint density at radius 3 is 2.62 bits per heavy atom. The number of nitrogens with one attached hydrogen (secondary N) is 1. The monoisotopic (exact) mass is 292 g/mol. The number of carboxylic acids is 1. The Labute approximate surface area is 123 Å². The van der Waals surface area contributed by atoms with Gasteiger partial charge >= 0.3 is 11.9 Å². The van der Waals surface area contributed by atoms with Gasteiger partial charge in [-0.2, -0.15) is 0 Å². The van der Waals surface area contributed by atoms with Crippen LogP contribution in [0.2, 0.25) is 0 Å². The first-order chi connectivity index (χ1) is 9.85. The largest absolute Gasteiger partial charge is 0.477 e. The van der Waals surface area contributed by atoms with Crippen LogP contribution in [0.5, 0.6) is 0 Å². The van der Waals surface area contributed by atoms with E-state index >= 15 is 0 Å². The Hall–Kier alpha value is -2.37. The van der Waals surface area contributed by atoms with Gasteiger partial charge in [0.25, 0.3) is 0 Å².